The molecule has 0 bridgehead atoms. The first-order valence-electron chi connectivity index (χ1n) is 9.74. The van der Waals surface area contributed by atoms with Gasteiger partial charge in [-0.15, -0.1) is 0 Å². The second-order valence-corrected chi connectivity index (χ2v) is 8.14. The van der Waals surface area contributed by atoms with Crippen LogP contribution in [-0.4, -0.2) is 28.5 Å². The Labute approximate surface area is 195 Å². The highest BCUT2D eigenvalue weighted by Crippen LogP contribution is 2.45. The number of carbonyl (C=O) groups excluding carboxylic acids is 2. The van der Waals surface area contributed by atoms with Gasteiger partial charge < -0.3 is 10.5 Å². The SMILES string of the molecule is NC(=O)COc1ccccc1C1SC(c2ccc(F)cc2)=NN1C(=O)c1c(F)cc(F)cc1F. The molecule has 1 unspecified atom stereocenters. The molecule has 0 saturated carbocycles. The van der Waals surface area contributed by atoms with Crippen LogP contribution >= 0.6 is 11.8 Å². The van der Waals surface area contributed by atoms with E-state index >= 15 is 0 Å². The maximum Gasteiger partial charge on any atom is 0.281 e. The van der Waals surface area contributed by atoms with E-state index in [1.54, 1.807) is 18.2 Å². The molecular weight excluding hydrogens is 474 g/mol. The van der Waals surface area contributed by atoms with E-state index in [1.165, 1.54) is 30.3 Å². The van der Waals surface area contributed by atoms with Gasteiger partial charge in [0.15, 0.2) is 6.61 Å². The van der Waals surface area contributed by atoms with Crippen LogP contribution in [0.2, 0.25) is 0 Å². The lowest BCUT2D eigenvalue weighted by Gasteiger charge is -2.23. The van der Waals surface area contributed by atoms with Crippen molar-refractivity contribution in [1.29, 1.82) is 0 Å². The van der Waals surface area contributed by atoms with Crippen LogP contribution < -0.4 is 10.5 Å². The molecule has 174 valence electrons. The molecule has 1 heterocycles. The van der Waals surface area contributed by atoms with Crippen LogP contribution in [-0.2, 0) is 4.79 Å². The molecule has 0 radical (unpaired) electrons. The fourth-order valence-corrected chi connectivity index (χ4v) is 4.40. The number of benzene rings is 3. The number of ether oxygens (including phenoxy) is 1. The van der Waals surface area contributed by atoms with Crippen molar-refractivity contribution >= 4 is 28.6 Å². The van der Waals surface area contributed by atoms with Crippen LogP contribution in [0.15, 0.2) is 65.8 Å². The van der Waals surface area contributed by atoms with E-state index in [0.717, 1.165) is 16.8 Å². The zero-order valence-corrected chi connectivity index (χ0v) is 18.0. The van der Waals surface area contributed by atoms with Crippen LogP contribution in [0.25, 0.3) is 0 Å². The normalized spacial score (nSPS) is 15.2. The standard InChI is InChI=1S/C23H15F4N3O3S/c24-13-7-5-12(6-8-13)21-29-30(22(32)20-16(26)9-14(25)10-17(20)27)23(34-21)15-3-1-2-4-18(15)33-11-19(28)31/h1-10,23H,11H2,(H2,28,31). The predicted octanol–water partition coefficient (Wildman–Crippen LogP) is 4.36. The van der Waals surface area contributed by atoms with E-state index < -0.39 is 52.6 Å². The Balaban J connectivity index is 1.79. The number of amides is 2. The van der Waals surface area contributed by atoms with Crippen LogP contribution in [0.3, 0.4) is 0 Å². The number of nitrogens with zero attached hydrogens (tertiary/aromatic N) is 2. The molecular formula is C23H15F4N3O3S. The summed E-state index contributed by atoms with van der Waals surface area (Å²) in [5.74, 6) is -6.18. The third kappa shape index (κ3) is 4.74. The number of hydrazone groups is 1. The van der Waals surface area contributed by atoms with Crippen molar-refractivity contribution in [2.75, 3.05) is 6.61 Å². The molecule has 34 heavy (non-hydrogen) atoms. The first-order valence-corrected chi connectivity index (χ1v) is 10.6. The zero-order chi connectivity index (χ0) is 24.4. The molecule has 0 fully saturated rings. The van der Waals surface area contributed by atoms with Crippen molar-refractivity contribution < 1.29 is 31.9 Å². The van der Waals surface area contributed by atoms with E-state index in [2.05, 4.69) is 5.10 Å². The minimum Gasteiger partial charge on any atom is -0.483 e. The largest absolute Gasteiger partial charge is 0.483 e. The van der Waals surface area contributed by atoms with Crippen LogP contribution in [0.1, 0.15) is 26.9 Å². The van der Waals surface area contributed by atoms with Gasteiger partial charge in [0.1, 0.15) is 45.0 Å². The lowest BCUT2D eigenvalue weighted by Crippen LogP contribution is -2.28. The molecule has 6 nitrogen and oxygen atoms in total. The number of nitrogens with two attached hydrogens (primary N) is 1. The Morgan fingerprint density at radius 3 is 2.26 bits per heavy atom. The summed E-state index contributed by atoms with van der Waals surface area (Å²) in [6, 6.07) is 12.4. The third-order valence-corrected chi connectivity index (χ3v) is 5.94. The molecule has 11 heteroatoms. The molecule has 3 aromatic carbocycles. The van der Waals surface area contributed by atoms with E-state index in [9.17, 15) is 27.2 Å². The average Bonchev–Trinajstić information content (AvgIpc) is 3.23. The maximum atomic E-state index is 14.4. The number of hydrogen-bond acceptors (Lipinski definition) is 5. The lowest BCUT2D eigenvalue weighted by molar-refractivity contribution is -0.119. The number of carbonyl (C=O) groups is 2. The monoisotopic (exact) mass is 489 g/mol. The number of halogens is 4. The fraction of sp³-hybridized carbons (Fsp3) is 0.0870. The summed E-state index contributed by atoms with van der Waals surface area (Å²) in [4.78, 5) is 24.4. The highest BCUT2D eigenvalue weighted by molar-refractivity contribution is 8.14. The summed E-state index contributed by atoms with van der Waals surface area (Å²) in [5, 5.41) is 4.33. The van der Waals surface area contributed by atoms with Gasteiger partial charge in [-0.1, -0.05) is 30.0 Å². The molecule has 3 aromatic rings. The summed E-state index contributed by atoms with van der Waals surface area (Å²) < 4.78 is 61.0. The Morgan fingerprint density at radius 2 is 1.62 bits per heavy atom. The van der Waals surface area contributed by atoms with E-state index in [0.29, 0.717) is 23.3 Å². The summed E-state index contributed by atoms with van der Waals surface area (Å²) in [6.45, 7) is -0.449. The molecule has 4 rings (SSSR count). The van der Waals surface area contributed by atoms with Crippen LogP contribution in [0.4, 0.5) is 17.6 Å². The fourth-order valence-electron chi connectivity index (χ4n) is 3.22. The van der Waals surface area contributed by atoms with Crippen molar-refractivity contribution in [1.82, 2.24) is 5.01 Å². The molecule has 1 atom stereocenters. The van der Waals surface area contributed by atoms with E-state index in [1.807, 2.05) is 0 Å². The third-order valence-electron chi connectivity index (χ3n) is 4.72. The van der Waals surface area contributed by atoms with Crippen LogP contribution in [0.5, 0.6) is 5.75 Å². The minimum absolute atomic E-state index is 0.187. The van der Waals surface area contributed by atoms with Gasteiger partial charge in [0, 0.05) is 23.3 Å². The van der Waals surface area contributed by atoms with Gasteiger partial charge in [-0.3, -0.25) is 9.59 Å². The number of rotatable bonds is 6. The molecule has 0 aliphatic carbocycles. The minimum atomic E-state index is -1.39. The average molecular weight is 489 g/mol. The second kappa shape index (κ2) is 9.56. The molecule has 0 aromatic heterocycles. The number of para-hydroxylation sites is 1. The van der Waals surface area contributed by atoms with Crippen LogP contribution in [0, 0.1) is 23.3 Å². The molecule has 1 aliphatic heterocycles. The van der Waals surface area contributed by atoms with E-state index in [4.69, 9.17) is 10.5 Å². The second-order valence-electron chi connectivity index (χ2n) is 7.07. The molecule has 2 N–H and O–H groups in total. The molecule has 2 amide bonds. The summed E-state index contributed by atoms with van der Waals surface area (Å²) in [6.07, 6.45) is 0. The maximum absolute atomic E-state index is 14.4. The van der Waals surface area contributed by atoms with E-state index in [-0.39, 0.29) is 10.8 Å². The van der Waals surface area contributed by atoms with Gasteiger partial charge >= 0.3 is 0 Å². The smallest absolute Gasteiger partial charge is 0.281 e. The number of thioether (sulfide) groups is 1. The summed E-state index contributed by atoms with van der Waals surface area (Å²) in [5.41, 5.74) is 4.96. The van der Waals surface area contributed by atoms with Gasteiger partial charge in [-0.05, 0) is 30.3 Å². The number of hydrogen-bond donors (Lipinski definition) is 1. The highest BCUT2D eigenvalue weighted by atomic mass is 32.2. The van der Waals surface area contributed by atoms with Crippen molar-refractivity contribution in [2.24, 2.45) is 10.8 Å². The van der Waals surface area contributed by atoms with Crippen molar-refractivity contribution in [3.8, 4) is 5.75 Å². The lowest BCUT2D eigenvalue weighted by atomic mass is 10.1. The predicted molar refractivity (Wildman–Crippen MR) is 117 cm³/mol. The van der Waals surface area contributed by atoms with Gasteiger partial charge in [0.25, 0.3) is 11.8 Å². The molecule has 0 saturated heterocycles. The van der Waals surface area contributed by atoms with Crippen molar-refractivity contribution in [3.63, 3.8) is 0 Å². The Kier molecular flexibility index (Phi) is 6.55. The topological polar surface area (TPSA) is 85.0 Å². The van der Waals surface area contributed by atoms with Crippen molar-refractivity contribution in [2.45, 2.75) is 5.37 Å². The molecule has 1 aliphatic rings. The summed E-state index contributed by atoms with van der Waals surface area (Å²) in [7, 11) is 0. The quantitative estimate of drug-likeness (QED) is 0.522. The van der Waals surface area contributed by atoms with Gasteiger partial charge in [-0.25, -0.2) is 22.6 Å². The Morgan fingerprint density at radius 1 is 0.971 bits per heavy atom. The Bertz CT molecular complexity index is 1280. The number of primary amides is 1. The van der Waals surface area contributed by atoms with Crippen molar-refractivity contribution in [3.05, 3.63) is 101 Å². The van der Waals surface area contributed by atoms with Gasteiger partial charge in [0.05, 0.1) is 0 Å². The first kappa shape index (κ1) is 23.3. The molecule has 0 spiro atoms. The first-order chi connectivity index (χ1) is 16.2. The van der Waals surface area contributed by atoms with Gasteiger partial charge in [-0.2, -0.15) is 5.10 Å². The Hall–Kier alpha value is -3.86. The van der Waals surface area contributed by atoms with Gasteiger partial charge in [0.2, 0.25) is 0 Å². The highest BCUT2D eigenvalue weighted by Gasteiger charge is 2.38. The zero-order valence-electron chi connectivity index (χ0n) is 17.2. The summed E-state index contributed by atoms with van der Waals surface area (Å²) >= 11 is 1.03.